The fourth-order valence-electron chi connectivity index (χ4n) is 5.44. The first kappa shape index (κ1) is 33.9. The van der Waals surface area contributed by atoms with E-state index >= 15 is 4.39 Å². The van der Waals surface area contributed by atoms with Crippen LogP contribution in [0.2, 0.25) is 0 Å². The molecule has 18 heteroatoms. The van der Waals surface area contributed by atoms with E-state index in [4.69, 9.17) is 30.9 Å². The summed E-state index contributed by atoms with van der Waals surface area (Å²) in [6.07, 6.45) is 5.12. The van der Waals surface area contributed by atoms with E-state index in [1.807, 2.05) is 27.7 Å². The second-order valence-corrected chi connectivity index (χ2v) is 13.5. The van der Waals surface area contributed by atoms with Gasteiger partial charge >= 0.3 is 19.6 Å². The molecule has 246 valence electrons. The van der Waals surface area contributed by atoms with Crippen molar-refractivity contribution in [3.8, 4) is 12.3 Å². The molecule has 1 aliphatic carbocycles. The van der Waals surface area contributed by atoms with E-state index in [1.165, 1.54) is 0 Å². The second-order valence-electron chi connectivity index (χ2n) is 11.6. The monoisotopic (exact) mass is 653 g/mol. The smallest absolute Gasteiger partial charge is 0.342 e. The lowest BCUT2D eigenvalue weighted by Crippen LogP contribution is -2.45. The number of methoxy groups -OCH3 is 2. The average molecular weight is 654 g/mol. The van der Waals surface area contributed by atoms with Gasteiger partial charge in [0.1, 0.15) is 25.0 Å². The van der Waals surface area contributed by atoms with Crippen LogP contribution in [0.5, 0.6) is 0 Å². The number of aromatic nitrogens is 4. The number of esters is 2. The molecule has 0 aromatic carbocycles. The number of alkyl halides is 1. The van der Waals surface area contributed by atoms with Gasteiger partial charge in [0.15, 0.2) is 34.3 Å². The number of anilines is 1. The summed E-state index contributed by atoms with van der Waals surface area (Å²) in [4.78, 5) is 47.9. The van der Waals surface area contributed by atoms with Gasteiger partial charge in [-0.25, -0.2) is 19.5 Å². The van der Waals surface area contributed by atoms with Crippen molar-refractivity contribution in [1.82, 2.24) is 29.7 Å². The molecule has 2 aromatic heterocycles. The molecule has 16 nitrogen and oxygen atoms in total. The van der Waals surface area contributed by atoms with Gasteiger partial charge in [0.05, 0.1) is 14.2 Å². The maximum atomic E-state index is 15.7. The first-order valence-corrected chi connectivity index (χ1v) is 15.7. The van der Waals surface area contributed by atoms with Crippen LogP contribution < -0.4 is 21.5 Å². The molecule has 5 unspecified atom stereocenters. The molecule has 0 bridgehead atoms. The van der Waals surface area contributed by atoms with Crippen LogP contribution >= 0.6 is 7.67 Å². The molecule has 3 heterocycles. The minimum absolute atomic E-state index is 0.0594. The number of fused-ring (bicyclic) bond motifs is 2. The Morgan fingerprint density at radius 1 is 1.22 bits per heavy atom. The molecule has 5 atom stereocenters. The van der Waals surface area contributed by atoms with Gasteiger partial charge in [-0.3, -0.25) is 33.0 Å². The molecule has 1 aliphatic heterocycles. The first-order valence-electron chi connectivity index (χ1n) is 14.0. The van der Waals surface area contributed by atoms with E-state index in [0.717, 1.165) is 25.1 Å². The zero-order chi connectivity index (χ0) is 33.5. The molecule has 2 aliphatic rings. The van der Waals surface area contributed by atoms with Gasteiger partial charge in [-0.2, -0.15) is 4.98 Å². The Hall–Kier alpha value is -3.97. The highest BCUT2D eigenvalue weighted by Gasteiger charge is 2.89. The highest BCUT2D eigenvalue weighted by molar-refractivity contribution is 7.54. The van der Waals surface area contributed by atoms with Gasteiger partial charge < -0.3 is 25.1 Å². The number of aliphatic hydroxyl groups excluding tert-OH is 1. The van der Waals surface area contributed by atoms with E-state index in [0.29, 0.717) is 0 Å². The van der Waals surface area contributed by atoms with Crippen molar-refractivity contribution < 1.29 is 42.4 Å². The molecule has 0 amide bonds. The van der Waals surface area contributed by atoms with Gasteiger partial charge in [0.2, 0.25) is 11.7 Å². The van der Waals surface area contributed by atoms with Crippen molar-refractivity contribution in [1.29, 1.82) is 0 Å². The summed E-state index contributed by atoms with van der Waals surface area (Å²) in [5.74, 6) is -0.787. The minimum atomic E-state index is -4.41. The third-order valence-electron chi connectivity index (χ3n) is 7.55. The molecular formula is C27H37FN7O9P. The lowest BCUT2D eigenvalue weighted by Gasteiger charge is -2.29. The van der Waals surface area contributed by atoms with Gasteiger partial charge in [-0.1, -0.05) is 33.6 Å². The van der Waals surface area contributed by atoms with Crippen molar-refractivity contribution >= 4 is 36.7 Å². The minimum Gasteiger partial charge on any atom is -0.507 e. The fraction of sp³-hybridized carbons (Fsp3) is 0.593. The number of nitrogen functional groups attached to an aromatic ring is 1. The summed E-state index contributed by atoms with van der Waals surface area (Å²) in [7, 11) is -2.08. The molecule has 1 saturated carbocycles. The molecular weight excluding hydrogens is 616 g/mol. The molecule has 0 saturated heterocycles. The van der Waals surface area contributed by atoms with Crippen molar-refractivity contribution in [3.63, 3.8) is 0 Å². The van der Waals surface area contributed by atoms with Crippen molar-refractivity contribution in [3.05, 3.63) is 28.2 Å². The van der Waals surface area contributed by atoms with Gasteiger partial charge in [-0.05, 0) is 24.7 Å². The van der Waals surface area contributed by atoms with Crippen LogP contribution in [0.1, 0.15) is 40.5 Å². The third-order valence-corrected chi connectivity index (χ3v) is 9.34. The van der Waals surface area contributed by atoms with Gasteiger partial charge in [0.25, 0.3) is 5.56 Å². The third kappa shape index (κ3) is 5.79. The highest BCUT2D eigenvalue weighted by atomic mass is 31.2. The van der Waals surface area contributed by atoms with E-state index in [-0.39, 0.29) is 41.8 Å². The topological polar surface area (TPSA) is 222 Å². The number of aromatic amines is 1. The Balaban J connectivity index is 1.70. The average Bonchev–Trinajstić information content (AvgIpc) is 3.21. The number of imidazole rings is 1. The van der Waals surface area contributed by atoms with Crippen molar-refractivity contribution in [2.45, 2.75) is 64.5 Å². The molecule has 0 spiro atoms. The second kappa shape index (κ2) is 12.4. The first-order chi connectivity index (χ1) is 21.1. The number of terminal acetylenes is 1. The number of hydrogen-bond donors (Lipinski definition) is 5. The van der Waals surface area contributed by atoms with Crippen LogP contribution in [-0.2, 0) is 38.6 Å². The standard InChI is InChI=1S/C27H37FN7O9P/c1-8-26-19(36)17(44-27(26,24(26)28)35-12-30-18-20(35)31-25(29)32-21(18)37)11-43-45(40,33-15(9-13(2)3)22(38)41-6)34-16(10-14(4)5)23(39)42-7/h1,12-16,24,36H,9-11H2,2-7H3,(H2,33,34,40)(H3,29,31,32,37). The van der Waals surface area contributed by atoms with Crippen LogP contribution in [0.3, 0.4) is 0 Å². The summed E-state index contributed by atoms with van der Waals surface area (Å²) in [6, 6.07) is -2.28. The van der Waals surface area contributed by atoms with Crippen LogP contribution in [-0.4, -0.2) is 75.6 Å². The van der Waals surface area contributed by atoms with Crippen LogP contribution in [0, 0.1) is 29.6 Å². The summed E-state index contributed by atoms with van der Waals surface area (Å²) in [5, 5.41) is 16.5. The largest absolute Gasteiger partial charge is 0.507 e. The number of nitrogens with zero attached hydrogens (tertiary/aromatic N) is 3. The van der Waals surface area contributed by atoms with Crippen molar-refractivity contribution in [2.75, 3.05) is 26.6 Å². The Morgan fingerprint density at radius 2 is 1.78 bits per heavy atom. The van der Waals surface area contributed by atoms with Gasteiger partial charge in [0, 0.05) is 0 Å². The molecule has 0 radical (unpaired) electrons. The number of ether oxygens (including phenoxy) is 3. The molecule has 1 fully saturated rings. The SMILES string of the molecule is C#CC12C(O)=C(COP(=O)(NC(CC(C)C)C(=O)OC)NC(CC(C)C)C(=O)OC)OC1(n1cnc3c(=O)[nH]c(N)nc31)C2F. The quantitative estimate of drug-likeness (QED) is 0.111. The molecule has 6 N–H and O–H groups in total. The van der Waals surface area contributed by atoms with Crippen molar-refractivity contribution in [2.24, 2.45) is 17.3 Å². The summed E-state index contributed by atoms with van der Waals surface area (Å²) in [5.41, 5.74) is 0.427. The summed E-state index contributed by atoms with van der Waals surface area (Å²) < 4.78 is 52.5. The number of rotatable bonds is 14. The fourth-order valence-corrected chi connectivity index (χ4v) is 7.21. The van der Waals surface area contributed by atoms with Crippen LogP contribution in [0.25, 0.3) is 11.2 Å². The van der Waals surface area contributed by atoms with E-state index in [1.54, 1.807) is 0 Å². The zero-order valence-corrected chi connectivity index (χ0v) is 26.5. The molecule has 4 rings (SSSR count). The van der Waals surface area contributed by atoms with Gasteiger partial charge in [-0.15, -0.1) is 6.42 Å². The molecule has 2 aromatic rings. The maximum absolute atomic E-state index is 15.7. The Bertz CT molecular complexity index is 1630. The Kier molecular flexibility index (Phi) is 9.37. The van der Waals surface area contributed by atoms with Crippen LogP contribution in [0.15, 0.2) is 22.6 Å². The number of aliphatic hydroxyl groups is 1. The highest BCUT2D eigenvalue weighted by Crippen LogP contribution is 2.72. The van der Waals surface area contributed by atoms with E-state index in [9.17, 15) is 24.1 Å². The summed E-state index contributed by atoms with van der Waals surface area (Å²) >= 11 is 0. The Labute approximate surface area is 257 Å². The lowest BCUT2D eigenvalue weighted by molar-refractivity contribution is -0.143. The number of hydrogen-bond acceptors (Lipinski definition) is 12. The lowest BCUT2D eigenvalue weighted by atomic mass is 10.0. The number of nitrogens with two attached hydrogens (primary N) is 1. The number of H-pyrrole nitrogens is 1. The predicted molar refractivity (Wildman–Crippen MR) is 158 cm³/mol. The zero-order valence-electron chi connectivity index (χ0n) is 25.6. The summed E-state index contributed by atoms with van der Waals surface area (Å²) in [6.45, 7) is 6.55. The maximum Gasteiger partial charge on any atom is 0.342 e. The van der Waals surface area contributed by atoms with E-state index in [2.05, 4.69) is 31.0 Å². The number of carbonyl (C=O) groups is 2. The van der Waals surface area contributed by atoms with Crippen LogP contribution in [0.4, 0.5) is 10.3 Å². The predicted octanol–water partition coefficient (Wildman–Crippen LogP) is 1.61. The number of nitrogens with one attached hydrogen (secondary N) is 3. The Morgan fingerprint density at radius 3 is 2.27 bits per heavy atom. The number of carbonyl (C=O) groups excluding carboxylic acids is 2. The van der Waals surface area contributed by atoms with E-state index < -0.39 is 72.7 Å². The number of halogens is 1. The molecule has 45 heavy (non-hydrogen) atoms. The normalized spacial score (nSPS) is 24.9.